The first-order chi connectivity index (χ1) is 16.8. The van der Waals surface area contributed by atoms with Crippen molar-refractivity contribution in [2.75, 3.05) is 17.8 Å². The highest BCUT2D eigenvalue weighted by Crippen LogP contribution is 2.21. The highest BCUT2D eigenvalue weighted by molar-refractivity contribution is 7.92. The molecule has 3 aromatic carbocycles. The molecule has 1 heterocycles. The molecule has 1 fully saturated rings. The number of nitrogens with zero attached hydrogens (tertiary/aromatic N) is 1. The zero-order chi connectivity index (χ0) is 24.8. The fourth-order valence-electron chi connectivity index (χ4n) is 4.18. The summed E-state index contributed by atoms with van der Waals surface area (Å²) in [6, 6.07) is 18.0. The third-order valence-corrected chi connectivity index (χ3v) is 7.58. The van der Waals surface area contributed by atoms with Crippen molar-refractivity contribution in [3.05, 3.63) is 94.8 Å². The van der Waals surface area contributed by atoms with Crippen LogP contribution in [0, 0.1) is 12.7 Å². The number of carbonyl (C=O) groups is 1. The van der Waals surface area contributed by atoms with Gasteiger partial charge in [0.15, 0.2) is 0 Å². The number of benzene rings is 3. The Labute approximate surface area is 206 Å². The average Bonchev–Trinajstić information content (AvgIpc) is 2.85. The SMILES string of the molecule is Cc1ccc(S(=O)(=O)Nc2ccccc2F)cc1C(=O)NCc1ccc(CN2CCCCC2)cc1. The summed E-state index contributed by atoms with van der Waals surface area (Å²) in [5.74, 6) is -1.05. The number of likely N-dealkylation sites (tertiary alicyclic amines) is 1. The Hall–Kier alpha value is -3.23. The maximum Gasteiger partial charge on any atom is 0.262 e. The summed E-state index contributed by atoms with van der Waals surface area (Å²) in [7, 11) is -4.07. The summed E-state index contributed by atoms with van der Waals surface area (Å²) < 4.78 is 41.7. The number of anilines is 1. The molecule has 0 aromatic heterocycles. The lowest BCUT2D eigenvalue weighted by atomic mass is 10.1. The molecule has 1 aliphatic heterocycles. The summed E-state index contributed by atoms with van der Waals surface area (Å²) in [6.07, 6.45) is 3.82. The van der Waals surface area contributed by atoms with Crippen LogP contribution in [0.4, 0.5) is 10.1 Å². The highest BCUT2D eigenvalue weighted by Gasteiger charge is 2.19. The number of sulfonamides is 1. The van der Waals surface area contributed by atoms with Crippen LogP contribution in [0.25, 0.3) is 0 Å². The number of rotatable bonds is 8. The molecule has 2 N–H and O–H groups in total. The number of aryl methyl sites for hydroxylation is 1. The van der Waals surface area contributed by atoms with E-state index in [1.807, 2.05) is 12.1 Å². The Morgan fingerprint density at radius 2 is 1.63 bits per heavy atom. The lowest BCUT2D eigenvalue weighted by molar-refractivity contribution is 0.0950. The monoisotopic (exact) mass is 495 g/mol. The van der Waals surface area contributed by atoms with Gasteiger partial charge in [-0.05, 0) is 73.8 Å². The number of hydrogen-bond donors (Lipinski definition) is 2. The predicted molar refractivity (Wildman–Crippen MR) is 135 cm³/mol. The van der Waals surface area contributed by atoms with E-state index in [2.05, 4.69) is 27.1 Å². The van der Waals surface area contributed by atoms with Crippen LogP contribution in [-0.2, 0) is 23.1 Å². The second-order valence-electron chi connectivity index (χ2n) is 8.90. The highest BCUT2D eigenvalue weighted by atomic mass is 32.2. The fraction of sp³-hybridized carbons (Fsp3) is 0.296. The summed E-state index contributed by atoms with van der Waals surface area (Å²) >= 11 is 0. The Kier molecular flexibility index (Phi) is 7.83. The summed E-state index contributed by atoms with van der Waals surface area (Å²) in [5, 5.41) is 2.87. The van der Waals surface area contributed by atoms with Crippen LogP contribution in [0.5, 0.6) is 0 Å². The standard InChI is InChI=1S/C27H30FN3O3S/c1-20-9-14-23(35(33,34)30-26-8-4-3-7-25(26)28)17-24(20)27(32)29-18-21-10-12-22(13-11-21)19-31-15-5-2-6-16-31/h3-4,7-14,17,30H,2,5-6,15-16,18-19H2,1H3,(H,29,32). The fourth-order valence-corrected chi connectivity index (χ4v) is 5.27. The molecule has 0 unspecified atom stereocenters. The smallest absolute Gasteiger partial charge is 0.262 e. The van der Waals surface area contributed by atoms with Gasteiger partial charge >= 0.3 is 0 Å². The molecule has 0 saturated carbocycles. The lowest BCUT2D eigenvalue weighted by Crippen LogP contribution is -2.29. The van der Waals surface area contributed by atoms with Crippen molar-refractivity contribution in [1.82, 2.24) is 10.2 Å². The predicted octanol–water partition coefficient (Wildman–Crippen LogP) is 4.85. The number of amides is 1. The first kappa shape index (κ1) is 24.9. The molecule has 8 heteroatoms. The molecule has 184 valence electrons. The van der Waals surface area contributed by atoms with Crippen LogP contribution >= 0.6 is 0 Å². The third kappa shape index (κ3) is 6.46. The van der Waals surface area contributed by atoms with Crippen molar-refractivity contribution < 1.29 is 17.6 Å². The topological polar surface area (TPSA) is 78.5 Å². The minimum absolute atomic E-state index is 0.112. The van der Waals surface area contributed by atoms with Crippen LogP contribution in [-0.4, -0.2) is 32.3 Å². The van der Waals surface area contributed by atoms with Crippen molar-refractivity contribution in [2.24, 2.45) is 0 Å². The molecule has 0 atom stereocenters. The molecule has 3 aromatic rings. The maximum atomic E-state index is 13.9. The van der Waals surface area contributed by atoms with Gasteiger partial charge in [0.1, 0.15) is 5.82 Å². The Bertz CT molecular complexity index is 1290. The van der Waals surface area contributed by atoms with Crippen LogP contribution in [0.2, 0.25) is 0 Å². The summed E-state index contributed by atoms with van der Waals surface area (Å²) in [6.45, 7) is 5.29. The van der Waals surface area contributed by atoms with E-state index in [9.17, 15) is 17.6 Å². The number of halogens is 1. The quantitative estimate of drug-likeness (QED) is 0.468. The van der Waals surface area contributed by atoms with Crippen molar-refractivity contribution in [3.8, 4) is 0 Å². The molecule has 1 saturated heterocycles. The van der Waals surface area contributed by atoms with Crippen LogP contribution in [0.1, 0.15) is 46.3 Å². The van der Waals surface area contributed by atoms with Gasteiger partial charge in [0, 0.05) is 18.7 Å². The van der Waals surface area contributed by atoms with Gasteiger partial charge in [-0.1, -0.05) is 48.9 Å². The molecule has 0 spiro atoms. The van der Waals surface area contributed by atoms with E-state index in [1.165, 1.54) is 61.2 Å². The molecule has 35 heavy (non-hydrogen) atoms. The number of para-hydroxylation sites is 1. The maximum absolute atomic E-state index is 13.9. The normalized spacial score (nSPS) is 14.5. The van der Waals surface area contributed by atoms with E-state index in [-0.39, 0.29) is 22.1 Å². The first-order valence-corrected chi connectivity index (χ1v) is 13.3. The van der Waals surface area contributed by atoms with Crippen LogP contribution in [0.3, 0.4) is 0 Å². The summed E-state index contributed by atoms with van der Waals surface area (Å²) in [4.78, 5) is 15.2. The second-order valence-corrected chi connectivity index (χ2v) is 10.6. The van der Waals surface area contributed by atoms with Gasteiger partial charge in [0.05, 0.1) is 10.6 Å². The van der Waals surface area contributed by atoms with Crippen molar-refractivity contribution in [1.29, 1.82) is 0 Å². The number of nitrogens with one attached hydrogen (secondary N) is 2. The van der Waals surface area contributed by atoms with Gasteiger partial charge in [-0.15, -0.1) is 0 Å². The van der Waals surface area contributed by atoms with Gasteiger partial charge < -0.3 is 5.32 Å². The minimum atomic E-state index is -4.07. The number of piperidine rings is 1. The van der Waals surface area contributed by atoms with Gasteiger partial charge in [-0.3, -0.25) is 14.4 Å². The van der Waals surface area contributed by atoms with Crippen LogP contribution < -0.4 is 10.0 Å². The third-order valence-electron chi connectivity index (χ3n) is 6.21. The molecule has 0 radical (unpaired) electrons. The summed E-state index contributed by atoms with van der Waals surface area (Å²) in [5.41, 5.74) is 2.96. The largest absolute Gasteiger partial charge is 0.348 e. The Morgan fingerprint density at radius 1 is 0.943 bits per heavy atom. The van der Waals surface area contributed by atoms with Gasteiger partial charge in [0.25, 0.3) is 15.9 Å². The van der Waals surface area contributed by atoms with Crippen LogP contribution in [0.15, 0.2) is 71.6 Å². The van der Waals surface area contributed by atoms with E-state index in [0.29, 0.717) is 12.1 Å². The molecule has 4 rings (SSSR count). The van der Waals surface area contributed by atoms with Crippen molar-refractivity contribution >= 4 is 21.6 Å². The van der Waals surface area contributed by atoms with Crippen molar-refractivity contribution in [2.45, 2.75) is 44.2 Å². The van der Waals surface area contributed by atoms with E-state index in [4.69, 9.17) is 0 Å². The van der Waals surface area contributed by atoms with Crippen molar-refractivity contribution in [3.63, 3.8) is 0 Å². The molecule has 1 aliphatic rings. The van der Waals surface area contributed by atoms with Gasteiger partial charge in [-0.25, -0.2) is 12.8 Å². The lowest BCUT2D eigenvalue weighted by Gasteiger charge is -2.26. The van der Waals surface area contributed by atoms with Gasteiger partial charge in [-0.2, -0.15) is 0 Å². The molecular weight excluding hydrogens is 465 g/mol. The molecule has 0 aliphatic carbocycles. The molecule has 6 nitrogen and oxygen atoms in total. The first-order valence-electron chi connectivity index (χ1n) is 11.8. The Morgan fingerprint density at radius 3 is 2.34 bits per heavy atom. The van der Waals surface area contributed by atoms with E-state index >= 15 is 0 Å². The Balaban J connectivity index is 1.40. The van der Waals surface area contributed by atoms with E-state index in [1.54, 1.807) is 13.0 Å². The molecule has 0 bridgehead atoms. The van der Waals surface area contributed by atoms with Gasteiger partial charge in [0.2, 0.25) is 0 Å². The average molecular weight is 496 g/mol. The molecule has 1 amide bonds. The van der Waals surface area contributed by atoms with E-state index < -0.39 is 15.8 Å². The number of hydrogen-bond acceptors (Lipinski definition) is 4. The second kappa shape index (κ2) is 11.0. The zero-order valence-corrected chi connectivity index (χ0v) is 20.6. The number of carbonyl (C=O) groups excluding carboxylic acids is 1. The molecular formula is C27H30FN3O3S. The zero-order valence-electron chi connectivity index (χ0n) is 19.8. The minimum Gasteiger partial charge on any atom is -0.348 e. The van der Waals surface area contributed by atoms with E-state index in [0.717, 1.165) is 25.2 Å².